The SMILES string of the molecule is CC(=O)Nc1cccc(NC(=O)CSc2nnc(-c3ccc(Cl)cc3)n2Cc2ccco2)c1. The van der Waals surface area contributed by atoms with Gasteiger partial charge in [-0.3, -0.25) is 14.2 Å². The summed E-state index contributed by atoms with van der Waals surface area (Å²) in [6.07, 6.45) is 1.61. The second-order valence-electron chi connectivity index (χ2n) is 7.08. The minimum atomic E-state index is -0.208. The van der Waals surface area contributed by atoms with E-state index in [1.54, 1.807) is 42.7 Å². The molecule has 2 amide bonds. The second-order valence-corrected chi connectivity index (χ2v) is 8.46. The van der Waals surface area contributed by atoms with Crippen LogP contribution in [-0.2, 0) is 16.1 Å². The number of hydrogen-bond acceptors (Lipinski definition) is 6. The van der Waals surface area contributed by atoms with Gasteiger partial charge >= 0.3 is 0 Å². The highest BCUT2D eigenvalue weighted by Crippen LogP contribution is 2.26. The summed E-state index contributed by atoms with van der Waals surface area (Å²) in [7, 11) is 0. The van der Waals surface area contributed by atoms with E-state index >= 15 is 0 Å². The Hall–Kier alpha value is -3.56. The number of benzene rings is 2. The molecule has 33 heavy (non-hydrogen) atoms. The van der Waals surface area contributed by atoms with Gasteiger partial charge < -0.3 is 15.1 Å². The third-order valence-corrected chi connectivity index (χ3v) is 5.73. The Morgan fingerprint density at radius 3 is 2.48 bits per heavy atom. The summed E-state index contributed by atoms with van der Waals surface area (Å²) < 4.78 is 7.40. The summed E-state index contributed by atoms with van der Waals surface area (Å²) >= 11 is 7.29. The number of anilines is 2. The zero-order chi connectivity index (χ0) is 23.2. The molecule has 0 aliphatic carbocycles. The molecule has 8 nitrogen and oxygen atoms in total. The van der Waals surface area contributed by atoms with E-state index in [9.17, 15) is 9.59 Å². The van der Waals surface area contributed by atoms with Crippen molar-refractivity contribution in [3.63, 3.8) is 0 Å². The molecular formula is C23H20ClN5O3S. The van der Waals surface area contributed by atoms with Gasteiger partial charge in [0, 0.05) is 28.9 Å². The number of halogens is 1. The Bertz CT molecular complexity index is 1260. The molecule has 0 bridgehead atoms. The van der Waals surface area contributed by atoms with Crippen molar-refractivity contribution in [3.8, 4) is 11.4 Å². The number of nitrogens with one attached hydrogen (secondary N) is 2. The van der Waals surface area contributed by atoms with Gasteiger partial charge in [0.2, 0.25) is 11.8 Å². The fraction of sp³-hybridized carbons (Fsp3) is 0.130. The third kappa shape index (κ3) is 6.03. The monoisotopic (exact) mass is 481 g/mol. The Morgan fingerprint density at radius 2 is 1.79 bits per heavy atom. The zero-order valence-electron chi connectivity index (χ0n) is 17.6. The first-order valence-electron chi connectivity index (χ1n) is 10.00. The number of carbonyl (C=O) groups is 2. The van der Waals surface area contributed by atoms with E-state index in [4.69, 9.17) is 16.0 Å². The third-order valence-electron chi connectivity index (χ3n) is 4.51. The van der Waals surface area contributed by atoms with E-state index in [0.717, 1.165) is 11.3 Å². The van der Waals surface area contributed by atoms with E-state index in [-0.39, 0.29) is 17.6 Å². The Morgan fingerprint density at radius 1 is 1.03 bits per heavy atom. The van der Waals surface area contributed by atoms with Crippen LogP contribution >= 0.6 is 23.4 Å². The van der Waals surface area contributed by atoms with Crippen LogP contribution in [0.1, 0.15) is 12.7 Å². The number of furan rings is 1. The van der Waals surface area contributed by atoms with E-state index < -0.39 is 0 Å². The Balaban J connectivity index is 1.49. The van der Waals surface area contributed by atoms with Gasteiger partial charge in [0.1, 0.15) is 5.76 Å². The fourth-order valence-corrected chi connectivity index (χ4v) is 3.98. The number of hydrogen-bond donors (Lipinski definition) is 2. The molecule has 0 saturated carbocycles. The summed E-state index contributed by atoms with van der Waals surface area (Å²) in [6, 6.07) is 18.0. The average molecular weight is 482 g/mol. The van der Waals surface area contributed by atoms with Gasteiger partial charge in [-0.15, -0.1) is 10.2 Å². The highest BCUT2D eigenvalue weighted by Gasteiger charge is 2.17. The van der Waals surface area contributed by atoms with Crippen molar-refractivity contribution < 1.29 is 14.0 Å². The van der Waals surface area contributed by atoms with Crippen LogP contribution in [0.3, 0.4) is 0 Å². The predicted octanol–water partition coefficient (Wildman–Crippen LogP) is 4.93. The van der Waals surface area contributed by atoms with Crippen molar-refractivity contribution in [1.29, 1.82) is 0 Å². The highest BCUT2D eigenvalue weighted by atomic mass is 35.5. The molecule has 0 unspecified atom stereocenters. The second kappa shape index (κ2) is 10.4. The summed E-state index contributed by atoms with van der Waals surface area (Å²) in [5.41, 5.74) is 2.05. The van der Waals surface area contributed by atoms with Crippen molar-refractivity contribution in [2.75, 3.05) is 16.4 Å². The molecule has 0 aliphatic rings. The minimum absolute atomic E-state index is 0.126. The minimum Gasteiger partial charge on any atom is -0.467 e. The Labute approximate surface area is 199 Å². The first-order chi connectivity index (χ1) is 16.0. The first-order valence-corrected chi connectivity index (χ1v) is 11.4. The number of rotatable bonds is 8. The quantitative estimate of drug-likeness (QED) is 0.346. The average Bonchev–Trinajstić information content (AvgIpc) is 3.43. The molecule has 4 rings (SSSR count). The van der Waals surface area contributed by atoms with Crippen LogP contribution in [0.4, 0.5) is 11.4 Å². The lowest BCUT2D eigenvalue weighted by molar-refractivity contribution is -0.114. The van der Waals surface area contributed by atoms with Crippen LogP contribution < -0.4 is 10.6 Å². The molecule has 4 aromatic rings. The smallest absolute Gasteiger partial charge is 0.234 e. The van der Waals surface area contributed by atoms with Crippen LogP contribution in [0.25, 0.3) is 11.4 Å². The van der Waals surface area contributed by atoms with Crippen molar-refractivity contribution in [3.05, 3.63) is 77.7 Å². The number of carbonyl (C=O) groups excluding carboxylic acids is 2. The van der Waals surface area contributed by atoms with Crippen molar-refractivity contribution >= 4 is 46.6 Å². The molecule has 0 saturated heterocycles. The lowest BCUT2D eigenvalue weighted by Crippen LogP contribution is -2.15. The molecule has 0 aliphatic heterocycles. The number of aromatic nitrogens is 3. The van der Waals surface area contributed by atoms with Crippen molar-refractivity contribution in [2.45, 2.75) is 18.6 Å². The standard InChI is InChI=1S/C23H20ClN5O3S/c1-15(30)25-18-4-2-5-19(12-18)26-21(31)14-33-23-28-27-22(16-7-9-17(24)10-8-16)29(23)13-20-6-3-11-32-20/h2-12H,13-14H2,1H3,(H,25,30)(H,26,31). The fourth-order valence-electron chi connectivity index (χ4n) is 3.11. The number of amides is 2. The molecule has 0 radical (unpaired) electrons. The largest absolute Gasteiger partial charge is 0.467 e. The van der Waals surface area contributed by atoms with E-state index in [1.165, 1.54) is 18.7 Å². The molecule has 2 aromatic heterocycles. The van der Waals surface area contributed by atoms with Gasteiger partial charge in [-0.1, -0.05) is 29.4 Å². The number of nitrogens with zero attached hydrogens (tertiary/aromatic N) is 3. The van der Waals surface area contributed by atoms with E-state index in [1.807, 2.05) is 28.8 Å². The molecular weight excluding hydrogens is 462 g/mol. The Kier molecular flexibility index (Phi) is 7.11. The summed E-state index contributed by atoms with van der Waals surface area (Å²) in [4.78, 5) is 23.8. The maximum Gasteiger partial charge on any atom is 0.234 e. The van der Waals surface area contributed by atoms with Crippen molar-refractivity contribution in [1.82, 2.24) is 14.8 Å². The summed E-state index contributed by atoms with van der Waals surface area (Å²) in [5.74, 6) is 1.13. The van der Waals surface area contributed by atoms with Gasteiger partial charge in [-0.25, -0.2) is 0 Å². The van der Waals surface area contributed by atoms with Crippen LogP contribution in [0, 0.1) is 0 Å². The van der Waals surface area contributed by atoms with Crippen LogP contribution in [0.5, 0.6) is 0 Å². The first kappa shape index (κ1) is 22.6. The lowest BCUT2D eigenvalue weighted by atomic mass is 10.2. The van der Waals surface area contributed by atoms with Gasteiger partial charge in [0.25, 0.3) is 0 Å². The van der Waals surface area contributed by atoms with E-state index in [0.29, 0.717) is 33.9 Å². The molecule has 2 heterocycles. The maximum absolute atomic E-state index is 12.6. The zero-order valence-corrected chi connectivity index (χ0v) is 19.2. The summed E-state index contributed by atoms with van der Waals surface area (Å²) in [6.45, 7) is 1.85. The molecule has 2 aromatic carbocycles. The summed E-state index contributed by atoms with van der Waals surface area (Å²) in [5, 5.41) is 15.4. The van der Waals surface area contributed by atoms with Gasteiger partial charge in [0.15, 0.2) is 11.0 Å². The molecule has 2 N–H and O–H groups in total. The number of thioether (sulfide) groups is 1. The van der Waals surface area contributed by atoms with Crippen LogP contribution in [-0.4, -0.2) is 32.3 Å². The van der Waals surface area contributed by atoms with Gasteiger partial charge in [-0.2, -0.15) is 0 Å². The lowest BCUT2D eigenvalue weighted by Gasteiger charge is -2.10. The van der Waals surface area contributed by atoms with Crippen molar-refractivity contribution in [2.24, 2.45) is 0 Å². The molecule has 0 atom stereocenters. The van der Waals surface area contributed by atoms with Gasteiger partial charge in [-0.05, 0) is 54.6 Å². The maximum atomic E-state index is 12.6. The highest BCUT2D eigenvalue weighted by molar-refractivity contribution is 7.99. The molecule has 0 spiro atoms. The van der Waals surface area contributed by atoms with Crippen LogP contribution in [0.15, 0.2) is 76.5 Å². The van der Waals surface area contributed by atoms with E-state index in [2.05, 4.69) is 20.8 Å². The molecule has 0 fully saturated rings. The molecule has 168 valence electrons. The van der Waals surface area contributed by atoms with Gasteiger partial charge in [0.05, 0.1) is 18.6 Å². The van der Waals surface area contributed by atoms with Crippen LogP contribution in [0.2, 0.25) is 5.02 Å². The topological polar surface area (TPSA) is 102 Å². The predicted molar refractivity (Wildman–Crippen MR) is 128 cm³/mol. The normalized spacial score (nSPS) is 10.7. The molecule has 10 heteroatoms.